The minimum atomic E-state index is -0.544. The first-order valence-electron chi connectivity index (χ1n) is 7.98. The molecule has 0 aliphatic carbocycles. The van der Waals surface area contributed by atoms with Crippen molar-refractivity contribution >= 4 is 29.6 Å². The number of hydrogen-bond donors (Lipinski definition) is 0. The van der Waals surface area contributed by atoms with E-state index in [2.05, 4.69) is 4.98 Å². The van der Waals surface area contributed by atoms with Crippen molar-refractivity contribution in [3.05, 3.63) is 23.5 Å². The van der Waals surface area contributed by atoms with E-state index < -0.39 is 24.3 Å². The second-order valence-corrected chi connectivity index (χ2v) is 7.23. The average molecular weight is 330 g/mol. The van der Waals surface area contributed by atoms with Gasteiger partial charge in [-0.2, -0.15) is 0 Å². The Labute approximate surface area is 142 Å². The minimum Gasteiger partial charge on any atom is -0.465 e. The number of rotatable bonds is 2. The van der Waals surface area contributed by atoms with Crippen LogP contribution in [0.4, 0.5) is 0 Å². The van der Waals surface area contributed by atoms with Crippen molar-refractivity contribution in [3.8, 4) is 0 Å². The summed E-state index contributed by atoms with van der Waals surface area (Å²) in [6.45, 7) is 9.90. The van der Waals surface area contributed by atoms with E-state index in [-0.39, 0.29) is 0 Å². The largest absolute Gasteiger partial charge is 0.494 e. The number of aryl methyl sites for hydroxylation is 2. The summed E-state index contributed by atoms with van der Waals surface area (Å²) in [5.74, 6) is 0.401. The third-order valence-corrected chi connectivity index (χ3v) is 5.16. The molecule has 0 bridgehead atoms. The van der Waals surface area contributed by atoms with Gasteiger partial charge in [-0.3, -0.25) is 0 Å². The standard InChI is InChI=1S/C17H23BN2O4/c1-10-19-14-12(15(21)22-7)8-11(9-13(14)20(10)6)18-23-16(2,3)17(4,5)24-18/h8-9H,1-7H3. The number of fused-ring (bicyclic) bond motifs is 1. The number of benzene rings is 1. The third-order valence-electron chi connectivity index (χ3n) is 5.16. The summed E-state index contributed by atoms with van der Waals surface area (Å²) < 4.78 is 19.1. The number of imidazole rings is 1. The van der Waals surface area contributed by atoms with E-state index >= 15 is 0 Å². The lowest BCUT2D eigenvalue weighted by Gasteiger charge is -2.32. The Morgan fingerprint density at radius 1 is 1.21 bits per heavy atom. The molecular weight excluding hydrogens is 307 g/mol. The van der Waals surface area contributed by atoms with Gasteiger partial charge in [-0.15, -0.1) is 0 Å². The molecule has 2 aromatic rings. The molecule has 1 fully saturated rings. The Balaban J connectivity index is 2.16. The van der Waals surface area contributed by atoms with Gasteiger partial charge in [0.1, 0.15) is 11.3 Å². The van der Waals surface area contributed by atoms with Crippen molar-refractivity contribution in [3.63, 3.8) is 0 Å². The zero-order valence-electron chi connectivity index (χ0n) is 15.3. The van der Waals surface area contributed by atoms with Gasteiger partial charge in [0.05, 0.1) is 29.4 Å². The molecule has 24 heavy (non-hydrogen) atoms. The number of hydrogen-bond acceptors (Lipinski definition) is 5. The molecule has 7 heteroatoms. The average Bonchev–Trinajstić information content (AvgIpc) is 2.91. The van der Waals surface area contributed by atoms with Gasteiger partial charge in [-0.1, -0.05) is 0 Å². The summed E-state index contributed by atoms with van der Waals surface area (Å²) >= 11 is 0. The quantitative estimate of drug-likeness (QED) is 0.622. The number of ether oxygens (including phenoxy) is 1. The van der Waals surface area contributed by atoms with Crippen molar-refractivity contribution < 1.29 is 18.8 Å². The lowest BCUT2D eigenvalue weighted by Crippen LogP contribution is -2.41. The van der Waals surface area contributed by atoms with Gasteiger partial charge in [0.2, 0.25) is 0 Å². The molecule has 0 N–H and O–H groups in total. The fourth-order valence-corrected chi connectivity index (χ4v) is 2.81. The molecule has 1 aliphatic heterocycles. The van der Waals surface area contributed by atoms with Crippen molar-refractivity contribution in [2.24, 2.45) is 7.05 Å². The van der Waals surface area contributed by atoms with Crippen molar-refractivity contribution in [2.75, 3.05) is 7.11 Å². The number of carbonyl (C=O) groups is 1. The first-order valence-corrected chi connectivity index (χ1v) is 7.98. The van der Waals surface area contributed by atoms with E-state index in [1.807, 2.05) is 52.3 Å². The Kier molecular flexibility index (Phi) is 3.77. The molecule has 1 aromatic carbocycles. The van der Waals surface area contributed by atoms with E-state index in [9.17, 15) is 4.79 Å². The highest BCUT2D eigenvalue weighted by molar-refractivity contribution is 6.62. The van der Waals surface area contributed by atoms with Crippen LogP contribution in [0.1, 0.15) is 43.9 Å². The molecule has 0 radical (unpaired) electrons. The highest BCUT2D eigenvalue weighted by Gasteiger charge is 2.52. The predicted molar refractivity (Wildman–Crippen MR) is 92.5 cm³/mol. The lowest BCUT2D eigenvalue weighted by molar-refractivity contribution is 0.00578. The fourth-order valence-electron chi connectivity index (χ4n) is 2.81. The highest BCUT2D eigenvalue weighted by Crippen LogP contribution is 2.36. The molecule has 0 unspecified atom stereocenters. The molecule has 0 spiro atoms. The number of esters is 1. The molecule has 0 amide bonds. The van der Waals surface area contributed by atoms with Gasteiger partial charge < -0.3 is 18.6 Å². The first kappa shape index (κ1) is 17.0. The SMILES string of the molecule is COC(=O)c1cc(B2OC(C)(C)C(C)(C)O2)cc2c1nc(C)n2C. The van der Waals surface area contributed by atoms with Gasteiger partial charge in [0, 0.05) is 7.05 Å². The van der Waals surface area contributed by atoms with Gasteiger partial charge in [0.15, 0.2) is 0 Å². The molecule has 0 saturated carbocycles. The van der Waals surface area contributed by atoms with Crippen LogP contribution in [0, 0.1) is 6.92 Å². The Morgan fingerprint density at radius 3 is 2.33 bits per heavy atom. The summed E-state index contributed by atoms with van der Waals surface area (Å²) in [5.41, 5.74) is 1.79. The molecule has 3 rings (SSSR count). The van der Waals surface area contributed by atoms with E-state index in [1.165, 1.54) is 7.11 Å². The highest BCUT2D eigenvalue weighted by atomic mass is 16.7. The van der Waals surface area contributed by atoms with Crippen LogP contribution in [0.25, 0.3) is 11.0 Å². The number of carbonyl (C=O) groups excluding carboxylic acids is 1. The van der Waals surface area contributed by atoms with Crippen LogP contribution < -0.4 is 5.46 Å². The summed E-state index contributed by atoms with van der Waals surface area (Å²) in [7, 11) is 2.74. The second kappa shape index (κ2) is 5.32. The van der Waals surface area contributed by atoms with E-state index in [4.69, 9.17) is 14.0 Å². The molecule has 2 heterocycles. The van der Waals surface area contributed by atoms with Gasteiger partial charge in [-0.05, 0) is 52.2 Å². The smallest absolute Gasteiger partial charge is 0.465 e. The number of nitrogens with zero attached hydrogens (tertiary/aromatic N) is 2. The van der Waals surface area contributed by atoms with E-state index in [1.54, 1.807) is 6.07 Å². The molecule has 0 atom stereocenters. The summed E-state index contributed by atoms with van der Waals surface area (Å²) in [5, 5.41) is 0. The zero-order valence-corrected chi connectivity index (χ0v) is 15.3. The van der Waals surface area contributed by atoms with Crippen molar-refractivity contribution in [2.45, 2.75) is 45.8 Å². The topological polar surface area (TPSA) is 62.6 Å². The Morgan fingerprint density at radius 2 is 1.79 bits per heavy atom. The maximum Gasteiger partial charge on any atom is 0.494 e. The zero-order chi connectivity index (χ0) is 17.9. The third kappa shape index (κ3) is 2.43. The number of methoxy groups -OCH3 is 1. The predicted octanol–water partition coefficient (Wildman–Crippen LogP) is 1.97. The van der Waals surface area contributed by atoms with Crippen LogP contribution in [-0.2, 0) is 21.1 Å². The van der Waals surface area contributed by atoms with Crippen LogP contribution in [0.2, 0.25) is 0 Å². The van der Waals surface area contributed by atoms with Crippen LogP contribution in [0.5, 0.6) is 0 Å². The molecule has 128 valence electrons. The maximum atomic E-state index is 12.2. The molecule has 1 aromatic heterocycles. The fraction of sp³-hybridized carbons (Fsp3) is 0.529. The summed E-state index contributed by atoms with van der Waals surface area (Å²) in [4.78, 5) is 16.7. The lowest BCUT2D eigenvalue weighted by atomic mass is 9.78. The monoisotopic (exact) mass is 330 g/mol. The van der Waals surface area contributed by atoms with Gasteiger partial charge in [-0.25, -0.2) is 9.78 Å². The Bertz CT molecular complexity index is 810. The first-order chi connectivity index (χ1) is 11.1. The maximum absolute atomic E-state index is 12.2. The van der Waals surface area contributed by atoms with Crippen molar-refractivity contribution in [1.82, 2.24) is 9.55 Å². The van der Waals surface area contributed by atoms with Crippen LogP contribution in [0.15, 0.2) is 12.1 Å². The second-order valence-electron chi connectivity index (χ2n) is 7.23. The van der Waals surface area contributed by atoms with Crippen molar-refractivity contribution in [1.29, 1.82) is 0 Å². The van der Waals surface area contributed by atoms with Crippen LogP contribution in [-0.4, -0.2) is 41.0 Å². The summed E-state index contributed by atoms with van der Waals surface area (Å²) in [6, 6.07) is 3.71. The summed E-state index contributed by atoms with van der Waals surface area (Å²) in [6.07, 6.45) is 0. The minimum absolute atomic E-state index is 0.420. The molecular formula is C17H23BN2O4. The van der Waals surface area contributed by atoms with E-state index in [0.29, 0.717) is 11.1 Å². The number of aromatic nitrogens is 2. The van der Waals surface area contributed by atoms with E-state index in [0.717, 1.165) is 16.8 Å². The normalized spacial score (nSPS) is 19.0. The van der Waals surface area contributed by atoms with Crippen LogP contribution >= 0.6 is 0 Å². The van der Waals surface area contributed by atoms with Gasteiger partial charge >= 0.3 is 13.1 Å². The molecule has 1 saturated heterocycles. The van der Waals surface area contributed by atoms with Crippen LogP contribution in [0.3, 0.4) is 0 Å². The van der Waals surface area contributed by atoms with Gasteiger partial charge in [0.25, 0.3) is 0 Å². The Hall–Kier alpha value is -1.86. The molecule has 1 aliphatic rings. The molecule has 6 nitrogen and oxygen atoms in total.